The Balaban J connectivity index is 1.72. The lowest BCUT2D eigenvalue weighted by Crippen LogP contribution is -2.04. The Morgan fingerprint density at radius 2 is 1.04 bits per heavy atom. The molecular formula is C25H16F2O. The van der Waals surface area contributed by atoms with Gasteiger partial charge in [-0.3, -0.25) is 4.79 Å². The van der Waals surface area contributed by atoms with Gasteiger partial charge in [-0.1, -0.05) is 84.9 Å². The van der Waals surface area contributed by atoms with Crippen molar-refractivity contribution in [3.05, 3.63) is 120 Å². The van der Waals surface area contributed by atoms with Crippen LogP contribution in [0.5, 0.6) is 0 Å². The van der Waals surface area contributed by atoms with E-state index in [1.807, 2.05) is 0 Å². The van der Waals surface area contributed by atoms with Crippen LogP contribution in [0.2, 0.25) is 0 Å². The van der Waals surface area contributed by atoms with Gasteiger partial charge in [-0.2, -0.15) is 0 Å². The summed E-state index contributed by atoms with van der Waals surface area (Å²) >= 11 is 0. The van der Waals surface area contributed by atoms with Gasteiger partial charge in [0, 0.05) is 22.3 Å². The molecule has 0 heterocycles. The number of carbonyl (C=O) groups excluding carboxylic acids is 1. The largest absolute Gasteiger partial charge is 0.289 e. The van der Waals surface area contributed by atoms with Crippen molar-refractivity contribution >= 4 is 5.78 Å². The predicted molar refractivity (Wildman–Crippen MR) is 107 cm³/mol. The standard InChI is InChI=1S/C25H16F2O/c26-23-11-5-3-7-19(23)17-13-15-18(16-14-17)25(28)22-10-2-1-8-20(22)21-9-4-6-12-24(21)27/h1-16H. The van der Waals surface area contributed by atoms with Crippen molar-refractivity contribution in [2.75, 3.05) is 0 Å². The summed E-state index contributed by atoms with van der Waals surface area (Å²) in [5.74, 6) is -0.900. The Labute approximate surface area is 161 Å². The predicted octanol–water partition coefficient (Wildman–Crippen LogP) is 6.53. The number of hydrogen-bond acceptors (Lipinski definition) is 1. The average molecular weight is 370 g/mol. The van der Waals surface area contributed by atoms with E-state index in [4.69, 9.17) is 0 Å². The van der Waals surface area contributed by atoms with Crippen molar-refractivity contribution in [1.82, 2.24) is 0 Å². The first-order valence-corrected chi connectivity index (χ1v) is 8.89. The maximum atomic E-state index is 14.3. The van der Waals surface area contributed by atoms with Crippen LogP contribution < -0.4 is 0 Å². The van der Waals surface area contributed by atoms with E-state index in [0.29, 0.717) is 33.4 Å². The molecule has 0 saturated heterocycles. The van der Waals surface area contributed by atoms with Gasteiger partial charge in [0.05, 0.1) is 0 Å². The van der Waals surface area contributed by atoms with E-state index in [1.54, 1.807) is 84.9 Å². The molecule has 136 valence electrons. The molecule has 0 aromatic heterocycles. The first-order chi connectivity index (χ1) is 13.6. The van der Waals surface area contributed by atoms with E-state index in [2.05, 4.69) is 0 Å². The Bertz CT molecular complexity index is 1150. The minimum Gasteiger partial charge on any atom is -0.289 e. The van der Waals surface area contributed by atoms with Gasteiger partial charge in [0.2, 0.25) is 0 Å². The summed E-state index contributed by atoms with van der Waals surface area (Å²) in [7, 11) is 0. The average Bonchev–Trinajstić information content (AvgIpc) is 2.74. The quantitative estimate of drug-likeness (QED) is 0.373. The Morgan fingerprint density at radius 1 is 0.536 bits per heavy atom. The second-order valence-electron chi connectivity index (χ2n) is 6.41. The lowest BCUT2D eigenvalue weighted by atomic mass is 9.93. The van der Waals surface area contributed by atoms with E-state index in [-0.39, 0.29) is 17.4 Å². The Hall–Kier alpha value is -3.59. The lowest BCUT2D eigenvalue weighted by molar-refractivity contribution is 0.103. The third kappa shape index (κ3) is 3.35. The molecule has 0 fully saturated rings. The van der Waals surface area contributed by atoms with Gasteiger partial charge in [0.1, 0.15) is 11.6 Å². The normalized spacial score (nSPS) is 10.6. The number of benzene rings is 4. The van der Waals surface area contributed by atoms with Gasteiger partial charge in [0.15, 0.2) is 5.78 Å². The fraction of sp³-hybridized carbons (Fsp3) is 0. The zero-order valence-corrected chi connectivity index (χ0v) is 14.9. The van der Waals surface area contributed by atoms with Crippen LogP contribution in [0.1, 0.15) is 15.9 Å². The van der Waals surface area contributed by atoms with Crippen LogP contribution in [0.4, 0.5) is 8.78 Å². The molecule has 0 radical (unpaired) electrons. The highest BCUT2D eigenvalue weighted by Gasteiger charge is 2.16. The summed E-state index contributed by atoms with van der Waals surface area (Å²) in [5, 5.41) is 0. The summed E-state index contributed by atoms with van der Waals surface area (Å²) in [4.78, 5) is 13.1. The number of carbonyl (C=O) groups is 1. The molecule has 0 bridgehead atoms. The van der Waals surface area contributed by atoms with E-state index < -0.39 is 0 Å². The number of hydrogen-bond donors (Lipinski definition) is 0. The van der Waals surface area contributed by atoms with Crippen molar-refractivity contribution in [2.45, 2.75) is 0 Å². The summed E-state index contributed by atoms with van der Waals surface area (Å²) < 4.78 is 28.2. The molecule has 0 aliphatic rings. The highest BCUT2D eigenvalue weighted by atomic mass is 19.1. The number of ketones is 1. The summed E-state index contributed by atoms with van der Waals surface area (Å²) in [6.07, 6.45) is 0. The summed E-state index contributed by atoms with van der Waals surface area (Å²) in [6, 6.07) is 26.6. The van der Waals surface area contributed by atoms with Crippen molar-refractivity contribution in [2.24, 2.45) is 0 Å². The molecule has 1 nitrogen and oxygen atoms in total. The van der Waals surface area contributed by atoms with Crippen LogP contribution in [-0.4, -0.2) is 5.78 Å². The third-order valence-corrected chi connectivity index (χ3v) is 4.67. The van der Waals surface area contributed by atoms with E-state index >= 15 is 0 Å². The first kappa shape index (κ1) is 17.8. The molecule has 0 aliphatic heterocycles. The molecule has 0 N–H and O–H groups in total. The molecule has 0 amide bonds. The van der Waals surface area contributed by atoms with Gasteiger partial charge in [-0.25, -0.2) is 8.78 Å². The van der Waals surface area contributed by atoms with Crippen LogP contribution in [0.15, 0.2) is 97.1 Å². The smallest absolute Gasteiger partial charge is 0.193 e. The Morgan fingerprint density at radius 3 is 1.64 bits per heavy atom. The lowest BCUT2D eigenvalue weighted by Gasteiger charge is -2.10. The molecule has 4 rings (SSSR count). The van der Waals surface area contributed by atoms with E-state index in [1.165, 1.54) is 12.1 Å². The molecular weight excluding hydrogens is 354 g/mol. The molecule has 3 heteroatoms. The van der Waals surface area contributed by atoms with Crippen molar-refractivity contribution in [3.63, 3.8) is 0 Å². The molecule has 0 unspecified atom stereocenters. The second kappa shape index (κ2) is 7.57. The highest BCUT2D eigenvalue weighted by molar-refractivity contribution is 6.13. The maximum absolute atomic E-state index is 14.3. The molecule has 0 spiro atoms. The van der Waals surface area contributed by atoms with Crippen LogP contribution in [0.3, 0.4) is 0 Å². The number of rotatable bonds is 4. The summed E-state index contributed by atoms with van der Waals surface area (Å²) in [5.41, 5.74) is 2.98. The third-order valence-electron chi connectivity index (χ3n) is 4.67. The highest BCUT2D eigenvalue weighted by Crippen LogP contribution is 2.29. The molecule has 28 heavy (non-hydrogen) atoms. The molecule has 0 saturated carbocycles. The van der Waals surface area contributed by atoms with Gasteiger partial charge in [-0.05, 0) is 23.3 Å². The fourth-order valence-corrected chi connectivity index (χ4v) is 3.25. The number of halogens is 2. The van der Waals surface area contributed by atoms with Gasteiger partial charge >= 0.3 is 0 Å². The monoisotopic (exact) mass is 370 g/mol. The molecule has 4 aromatic rings. The minimum absolute atomic E-state index is 0.209. The van der Waals surface area contributed by atoms with E-state index in [0.717, 1.165) is 0 Å². The van der Waals surface area contributed by atoms with Gasteiger partial charge < -0.3 is 0 Å². The first-order valence-electron chi connectivity index (χ1n) is 8.89. The SMILES string of the molecule is O=C(c1ccc(-c2ccccc2F)cc1)c1ccccc1-c1ccccc1F. The zero-order chi connectivity index (χ0) is 19.5. The van der Waals surface area contributed by atoms with Gasteiger partial charge in [-0.15, -0.1) is 0 Å². The topological polar surface area (TPSA) is 17.1 Å². The second-order valence-corrected chi connectivity index (χ2v) is 6.41. The van der Waals surface area contributed by atoms with Crippen molar-refractivity contribution in [3.8, 4) is 22.3 Å². The van der Waals surface area contributed by atoms with Crippen LogP contribution >= 0.6 is 0 Å². The molecule has 0 aliphatic carbocycles. The Kier molecular flexibility index (Phi) is 4.81. The van der Waals surface area contributed by atoms with Crippen molar-refractivity contribution in [1.29, 1.82) is 0 Å². The molecule has 0 atom stereocenters. The molecule has 4 aromatic carbocycles. The zero-order valence-electron chi connectivity index (χ0n) is 14.9. The van der Waals surface area contributed by atoms with Crippen LogP contribution in [0.25, 0.3) is 22.3 Å². The maximum Gasteiger partial charge on any atom is 0.193 e. The van der Waals surface area contributed by atoms with E-state index in [9.17, 15) is 13.6 Å². The van der Waals surface area contributed by atoms with Crippen molar-refractivity contribution < 1.29 is 13.6 Å². The summed E-state index contributed by atoms with van der Waals surface area (Å²) in [6.45, 7) is 0. The van der Waals surface area contributed by atoms with Crippen LogP contribution in [-0.2, 0) is 0 Å². The van der Waals surface area contributed by atoms with Crippen LogP contribution in [0, 0.1) is 11.6 Å². The minimum atomic E-state index is -0.377. The fourth-order valence-electron chi connectivity index (χ4n) is 3.25. The van der Waals surface area contributed by atoms with Gasteiger partial charge in [0.25, 0.3) is 0 Å².